The molecule has 1 heterocycles. The molecule has 0 N–H and O–H groups in total. The number of benzene rings is 1. The van der Waals surface area contributed by atoms with Crippen LogP contribution in [0.15, 0.2) is 36.5 Å². The van der Waals surface area contributed by atoms with Gasteiger partial charge in [-0.2, -0.15) is 23.7 Å². The standard InChI is InChI=1S/C18H13ClF3N3O/c1-26-14-5-3-12(4-6-14)17(11-24,7-2-8-23)16-15(19)9-13(10-25-16)18(20,21)22/h3-6,9-10H,2,7H2,1H3/t17-/m0/s1. The highest BCUT2D eigenvalue weighted by atomic mass is 35.5. The second-order valence-corrected chi connectivity index (χ2v) is 5.86. The van der Waals surface area contributed by atoms with Crippen LogP contribution in [0.25, 0.3) is 0 Å². The van der Waals surface area contributed by atoms with Gasteiger partial charge in [-0.15, -0.1) is 0 Å². The summed E-state index contributed by atoms with van der Waals surface area (Å²) in [7, 11) is 1.48. The van der Waals surface area contributed by atoms with Gasteiger partial charge >= 0.3 is 6.18 Å². The number of methoxy groups -OCH3 is 1. The van der Waals surface area contributed by atoms with Gasteiger partial charge in [-0.25, -0.2) is 0 Å². The molecule has 0 amide bonds. The predicted octanol–water partition coefficient (Wildman–Crippen LogP) is 4.88. The van der Waals surface area contributed by atoms with E-state index >= 15 is 0 Å². The Hall–Kier alpha value is -2.77. The first-order valence-corrected chi connectivity index (χ1v) is 7.82. The van der Waals surface area contributed by atoms with Gasteiger partial charge in [-0.3, -0.25) is 4.98 Å². The van der Waals surface area contributed by atoms with Crippen molar-refractivity contribution < 1.29 is 17.9 Å². The first-order chi connectivity index (χ1) is 12.3. The zero-order valence-corrected chi connectivity index (χ0v) is 14.4. The van der Waals surface area contributed by atoms with Gasteiger partial charge in [0.15, 0.2) is 0 Å². The van der Waals surface area contributed by atoms with Crippen molar-refractivity contribution >= 4 is 11.6 Å². The highest BCUT2D eigenvalue weighted by Gasteiger charge is 2.39. The smallest absolute Gasteiger partial charge is 0.417 e. The SMILES string of the molecule is COc1ccc([C@@](C#N)(CCC#N)c2ncc(C(F)(F)F)cc2Cl)cc1. The fourth-order valence-electron chi connectivity index (χ4n) is 2.60. The van der Waals surface area contributed by atoms with Crippen LogP contribution in [0.1, 0.15) is 29.7 Å². The molecule has 1 atom stereocenters. The summed E-state index contributed by atoms with van der Waals surface area (Å²) in [5, 5.41) is 18.5. The van der Waals surface area contributed by atoms with Crippen molar-refractivity contribution in [3.8, 4) is 17.9 Å². The number of nitrogens with zero attached hydrogens (tertiary/aromatic N) is 3. The third kappa shape index (κ3) is 3.74. The Morgan fingerprint density at radius 1 is 1.15 bits per heavy atom. The number of ether oxygens (including phenoxy) is 1. The van der Waals surface area contributed by atoms with Crippen molar-refractivity contribution in [1.29, 1.82) is 10.5 Å². The van der Waals surface area contributed by atoms with Crippen LogP contribution in [0.3, 0.4) is 0 Å². The number of alkyl halides is 3. The summed E-state index contributed by atoms with van der Waals surface area (Å²) >= 11 is 6.06. The first kappa shape index (κ1) is 19.6. The third-order valence-corrected chi connectivity index (χ3v) is 4.25. The number of hydrogen-bond donors (Lipinski definition) is 0. The minimum absolute atomic E-state index is 0.00137. The van der Waals surface area contributed by atoms with Gasteiger partial charge in [0, 0.05) is 12.6 Å². The Labute approximate surface area is 153 Å². The lowest BCUT2D eigenvalue weighted by atomic mass is 9.75. The lowest BCUT2D eigenvalue weighted by molar-refractivity contribution is -0.137. The van der Waals surface area contributed by atoms with Crippen molar-refractivity contribution in [2.75, 3.05) is 7.11 Å². The third-order valence-electron chi connectivity index (χ3n) is 3.96. The molecule has 0 aliphatic rings. The summed E-state index contributed by atoms with van der Waals surface area (Å²) in [5.41, 5.74) is -2.02. The van der Waals surface area contributed by atoms with Crippen LogP contribution in [-0.4, -0.2) is 12.1 Å². The van der Waals surface area contributed by atoms with Gasteiger partial charge in [0.05, 0.1) is 35.5 Å². The Morgan fingerprint density at radius 2 is 1.81 bits per heavy atom. The van der Waals surface area contributed by atoms with E-state index in [-0.39, 0.29) is 23.6 Å². The quantitative estimate of drug-likeness (QED) is 0.742. The maximum absolute atomic E-state index is 12.9. The topological polar surface area (TPSA) is 69.7 Å². The number of aromatic nitrogens is 1. The van der Waals surface area contributed by atoms with Crippen LogP contribution in [-0.2, 0) is 11.6 Å². The summed E-state index contributed by atoms with van der Waals surface area (Å²) in [6.45, 7) is 0. The Balaban J connectivity index is 2.64. The molecule has 0 saturated carbocycles. The molecular weight excluding hydrogens is 367 g/mol. The van der Waals surface area contributed by atoms with Crippen LogP contribution in [0, 0.1) is 22.7 Å². The summed E-state index contributed by atoms with van der Waals surface area (Å²) in [5.74, 6) is 0.548. The van der Waals surface area contributed by atoms with Crippen molar-refractivity contribution in [3.05, 3.63) is 58.4 Å². The Bertz CT molecular complexity index is 869. The molecular formula is C18H13ClF3N3O. The van der Waals surface area contributed by atoms with E-state index in [1.54, 1.807) is 24.3 Å². The highest BCUT2D eigenvalue weighted by molar-refractivity contribution is 6.31. The average molecular weight is 380 g/mol. The van der Waals surface area contributed by atoms with Crippen molar-refractivity contribution in [2.24, 2.45) is 0 Å². The average Bonchev–Trinajstić information content (AvgIpc) is 2.63. The number of pyridine rings is 1. The molecule has 0 aliphatic heterocycles. The van der Waals surface area contributed by atoms with E-state index in [1.807, 2.05) is 6.07 Å². The van der Waals surface area contributed by atoms with E-state index in [1.165, 1.54) is 7.11 Å². The number of rotatable bonds is 5. The summed E-state index contributed by atoms with van der Waals surface area (Å²) < 4.78 is 43.7. The molecule has 0 spiro atoms. The fraction of sp³-hybridized carbons (Fsp3) is 0.278. The molecule has 0 unspecified atom stereocenters. The van der Waals surface area contributed by atoms with Crippen molar-refractivity contribution in [1.82, 2.24) is 4.98 Å². The van der Waals surface area contributed by atoms with Gasteiger partial charge in [0.2, 0.25) is 0 Å². The van der Waals surface area contributed by atoms with Crippen LogP contribution in [0.2, 0.25) is 5.02 Å². The molecule has 0 fully saturated rings. The van der Waals surface area contributed by atoms with Gasteiger partial charge in [0.1, 0.15) is 11.2 Å². The molecule has 0 bridgehead atoms. The van der Waals surface area contributed by atoms with Crippen LogP contribution in [0.4, 0.5) is 13.2 Å². The molecule has 8 heteroatoms. The minimum atomic E-state index is -4.60. The maximum Gasteiger partial charge on any atom is 0.417 e. The molecule has 26 heavy (non-hydrogen) atoms. The van der Waals surface area contributed by atoms with Crippen LogP contribution in [0.5, 0.6) is 5.75 Å². The lowest BCUT2D eigenvalue weighted by Gasteiger charge is -2.27. The molecule has 2 rings (SSSR count). The van der Waals surface area contributed by atoms with Gasteiger partial charge in [-0.05, 0) is 30.2 Å². The molecule has 0 radical (unpaired) electrons. The van der Waals surface area contributed by atoms with Crippen LogP contribution < -0.4 is 4.74 Å². The minimum Gasteiger partial charge on any atom is -0.497 e. The lowest BCUT2D eigenvalue weighted by Crippen LogP contribution is -2.28. The Kier molecular flexibility index (Phi) is 5.74. The maximum atomic E-state index is 12.9. The molecule has 1 aromatic heterocycles. The predicted molar refractivity (Wildman–Crippen MR) is 88.5 cm³/mol. The van der Waals surface area contributed by atoms with Crippen molar-refractivity contribution in [3.63, 3.8) is 0 Å². The van der Waals surface area contributed by atoms with Gasteiger partial charge < -0.3 is 4.74 Å². The van der Waals surface area contributed by atoms with E-state index in [4.69, 9.17) is 21.6 Å². The summed E-state index contributed by atoms with van der Waals surface area (Å²) in [4.78, 5) is 3.84. The molecule has 134 valence electrons. The molecule has 0 aliphatic carbocycles. The van der Waals surface area contributed by atoms with E-state index < -0.39 is 17.2 Å². The second kappa shape index (κ2) is 7.63. The monoisotopic (exact) mass is 379 g/mol. The number of hydrogen-bond acceptors (Lipinski definition) is 4. The molecule has 0 saturated heterocycles. The largest absolute Gasteiger partial charge is 0.497 e. The normalized spacial score (nSPS) is 13.3. The van der Waals surface area contributed by atoms with E-state index in [0.717, 1.165) is 6.07 Å². The van der Waals surface area contributed by atoms with E-state index in [0.29, 0.717) is 17.5 Å². The molecule has 1 aromatic carbocycles. The fourth-order valence-corrected chi connectivity index (χ4v) is 2.93. The highest BCUT2D eigenvalue weighted by Crippen LogP contribution is 2.41. The van der Waals surface area contributed by atoms with Gasteiger partial charge in [0.25, 0.3) is 0 Å². The van der Waals surface area contributed by atoms with E-state index in [2.05, 4.69) is 11.1 Å². The van der Waals surface area contributed by atoms with E-state index in [9.17, 15) is 18.4 Å². The van der Waals surface area contributed by atoms with Crippen LogP contribution >= 0.6 is 11.6 Å². The first-order valence-electron chi connectivity index (χ1n) is 7.44. The molecule has 2 aromatic rings. The van der Waals surface area contributed by atoms with Crippen molar-refractivity contribution in [2.45, 2.75) is 24.4 Å². The number of halogens is 4. The summed E-state index contributed by atoms with van der Waals surface area (Å²) in [6, 6.07) is 11.2. The second-order valence-electron chi connectivity index (χ2n) is 5.46. The zero-order valence-electron chi connectivity index (χ0n) is 13.6. The number of nitriles is 2. The molecule has 4 nitrogen and oxygen atoms in total. The summed E-state index contributed by atoms with van der Waals surface area (Å²) in [6.07, 6.45) is -3.93. The van der Waals surface area contributed by atoms with Gasteiger partial charge in [-0.1, -0.05) is 23.7 Å². The zero-order chi connectivity index (χ0) is 19.4. The Morgan fingerprint density at radius 3 is 2.27 bits per heavy atom.